The van der Waals surface area contributed by atoms with Crippen molar-refractivity contribution in [1.29, 1.82) is 0 Å². The number of rotatable bonds is 4. The van der Waals surface area contributed by atoms with Crippen LogP contribution in [0.15, 0.2) is 91.0 Å². The summed E-state index contributed by atoms with van der Waals surface area (Å²) in [5.41, 5.74) is 4.68. The third-order valence-electron chi connectivity index (χ3n) is 3.98. The van der Waals surface area contributed by atoms with Crippen LogP contribution in [0.2, 0.25) is 0 Å². The highest BCUT2D eigenvalue weighted by molar-refractivity contribution is 5.80. The second-order valence-electron chi connectivity index (χ2n) is 5.65. The van der Waals surface area contributed by atoms with Crippen LogP contribution in [0.4, 0.5) is 4.39 Å². The Morgan fingerprint density at radius 2 is 1.22 bits per heavy atom. The molecular weight excluding hydrogens is 283 g/mol. The van der Waals surface area contributed by atoms with Gasteiger partial charge in [0.15, 0.2) is 0 Å². The second kappa shape index (κ2) is 7.06. The Morgan fingerprint density at radius 1 is 0.739 bits per heavy atom. The van der Waals surface area contributed by atoms with Crippen LogP contribution in [0.3, 0.4) is 0 Å². The first kappa shape index (κ1) is 15.2. The van der Waals surface area contributed by atoms with Crippen molar-refractivity contribution in [3.05, 3.63) is 114 Å². The van der Waals surface area contributed by atoms with Crippen molar-refractivity contribution in [3.8, 4) is 0 Å². The van der Waals surface area contributed by atoms with Gasteiger partial charge in [-0.25, -0.2) is 4.39 Å². The third-order valence-corrected chi connectivity index (χ3v) is 3.98. The van der Waals surface area contributed by atoms with Crippen molar-refractivity contribution in [1.82, 2.24) is 0 Å². The minimum atomic E-state index is -0.198. The molecule has 0 spiro atoms. The van der Waals surface area contributed by atoms with E-state index >= 15 is 0 Å². The van der Waals surface area contributed by atoms with Crippen LogP contribution in [-0.2, 0) is 0 Å². The van der Waals surface area contributed by atoms with Gasteiger partial charge in [-0.1, -0.05) is 85.8 Å². The van der Waals surface area contributed by atoms with Gasteiger partial charge in [0, 0.05) is 0 Å². The molecule has 1 heteroatoms. The minimum absolute atomic E-state index is 0.198. The number of halogens is 1. The summed E-state index contributed by atoms with van der Waals surface area (Å²) in [5, 5.41) is 0. The number of hydrogen-bond acceptors (Lipinski definition) is 0. The van der Waals surface area contributed by atoms with Gasteiger partial charge in [0.1, 0.15) is 5.82 Å². The number of hydrogen-bond donors (Lipinski definition) is 0. The maximum absolute atomic E-state index is 13.1. The van der Waals surface area contributed by atoms with Crippen molar-refractivity contribution in [2.75, 3.05) is 0 Å². The molecule has 0 nitrogen and oxygen atoms in total. The van der Waals surface area contributed by atoms with E-state index in [4.69, 9.17) is 0 Å². The van der Waals surface area contributed by atoms with E-state index in [1.807, 2.05) is 24.3 Å². The Kier molecular flexibility index (Phi) is 4.68. The molecule has 1 unspecified atom stereocenters. The van der Waals surface area contributed by atoms with Gasteiger partial charge >= 0.3 is 0 Å². The number of benzene rings is 3. The molecule has 0 saturated carbocycles. The zero-order valence-electron chi connectivity index (χ0n) is 13.1. The van der Waals surface area contributed by atoms with E-state index in [-0.39, 0.29) is 11.7 Å². The fourth-order valence-corrected chi connectivity index (χ4v) is 2.71. The Balaban J connectivity index is 2.03. The smallest absolute Gasteiger partial charge is 0.123 e. The molecule has 0 bridgehead atoms. The van der Waals surface area contributed by atoms with Crippen molar-refractivity contribution in [2.45, 2.75) is 12.8 Å². The van der Waals surface area contributed by atoms with Gasteiger partial charge in [-0.2, -0.15) is 0 Å². The van der Waals surface area contributed by atoms with Gasteiger partial charge < -0.3 is 0 Å². The summed E-state index contributed by atoms with van der Waals surface area (Å²) in [6.07, 6.45) is 2.25. The molecule has 114 valence electrons. The van der Waals surface area contributed by atoms with Gasteiger partial charge in [0.2, 0.25) is 0 Å². The van der Waals surface area contributed by atoms with E-state index in [2.05, 4.69) is 61.5 Å². The fraction of sp³-hybridized carbons (Fsp3) is 0.0909. The van der Waals surface area contributed by atoms with Crippen molar-refractivity contribution < 1.29 is 4.39 Å². The van der Waals surface area contributed by atoms with Gasteiger partial charge in [0.25, 0.3) is 0 Å². The zero-order valence-corrected chi connectivity index (χ0v) is 13.1. The highest BCUT2D eigenvalue weighted by Crippen LogP contribution is 2.28. The SMILES string of the molecule is CC(C=C(c1ccccc1)c1ccccc1)c1ccc(F)cc1. The molecule has 3 rings (SSSR count). The first-order valence-corrected chi connectivity index (χ1v) is 7.82. The van der Waals surface area contributed by atoms with Gasteiger partial charge in [-0.05, 0) is 40.3 Å². The monoisotopic (exact) mass is 302 g/mol. The molecule has 1 atom stereocenters. The van der Waals surface area contributed by atoms with Crippen LogP contribution in [0.25, 0.3) is 5.57 Å². The summed E-state index contributed by atoms with van der Waals surface area (Å²) in [5.74, 6) is 0.00211. The normalized spacial score (nSPS) is 11.7. The highest BCUT2D eigenvalue weighted by atomic mass is 19.1. The van der Waals surface area contributed by atoms with E-state index in [1.165, 1.54) is 28.8 Å². The lowest BCUT2D eigenvalue weighted by Gasteiger charge is -2.13. The molecule has 0 amide bonds. The van der Waals surface area contributed by atoms with Crippen LogP contribution < -0.4 is 0 Å². The molecule has 0 aromatic heterocycles. The molecule has 0 radical (unpaired) electrons. The number of allylic oxidation sites excluding steroid dienone is 1. The second-order valence-corrected chi connectivity index (χ2v) is 5.65. The molecular formula is C22H19F. The fourth-order valence-electron chi connectivity index (χ4n) is 2.71. The molecule has 23 heavy (non-hydrogen) atoms. The van der Waals surface area contributed by atoms with Crippen molar-refractivity contribution in [2.24, 2.45) is 0 Å². The van der Waals surface area contributed by atoms with Crippen molar-refractivity contribution in [3.63, 3.8) is 0 Å². The molecule has 0 heterocycles. The summed E-state index contributed by atoms with van der Waals surface area (Å²) in [6, 6.07) is 27.5. The molecule has 0 fully saturated rings. The maximum Gasteiger partial charge on any atom is 0.123 e. The lowest BCUT2D eigenvalue weighted by Crippen LogP contribution is -1.94. The third kappa shape index (κ3) is 3.75. The van der Waals surface area contributed by atoms with Gasteiger partial charge in [0.05, 0.1) is 0 Å². The maximum atomic E-state index is 13.1. The molecule has 0 aliphatic heterocycles. The predicted octanol–water partition coefficient (Wildman–Crippen LogP) is 6.06. The Labute approximate surface area is 136 Å². The topological polar surface area (TPSA) is 0 Å². The lowest BCUT2D eigenvalue weighted by molar-refractivity contribution is 0.626. The van der Waals surface area contributed by atoms with Crippen LogP contribution in [0, 0.1) is 5.82 Å². The Hall–Kier alpha value is -2.67. The Bertz CT molecular complexity index is 730. The van der Waals surface area contributed by atoms with Crippen LogP contribution in [0.1, 0.15) is 29.5 Å². The van der Waals surface area contributed by atoms with Crippen LogP contribution in [0.5, 0.6) is 0 Å². The van der Waals surface area contributed by atoms with Gasteiger partial charge in [-0.15, -0.1) is 0 Å². The van der Waals surface area contributed by atoms with Crippen molar-refractivity contribution >= 4 is 5.57 Å². The lowest BCUT2D eigenvalue weighted by atomic mass is 9.91. The standard InChI is InChI=1S/C22H19F/c1-17(18-12-14-21(23)15-13-18)16-22(19-8-4-2-5-9-19)20-10-6-3-7-11-20/h2-17H,1H3. The molecule has 0 N–H and O–H groups in total. The van der Waals surface area contributed by atoms with Crippen LogP contribution >= 0.6 is 0 Å². The molecule has 0 saturated heterocycles. The average Bonchev–Trinajstić information content (AvgIpc) is 2.61. The first-order valence-electron chi connectivity index (χ1n) is 7.82. The van der Waals surface area contributed by atoms with E-state index in [9.17, 15) is 4.39 Å². The average molecular weight is 302 g/mol. The van der Waals surface area contributed by atoms with Crippen LogP contribution in [-0.4, -0.2) is 0 Å². The minimum Gasteiger partial charge on any atom is -0.207 e. The molecule has 3 aromatic carbocycles. The highest BCUT2D eigenvalue weighted by Gasteiger charge is 2.09. The molecule has 3 aromatic rings. The predicted molar refractivity (Wildman–Crippen MR) is 94.8 cm³/mol. The molecule has 0 aliphatic rings. The molecule has 0 aliphatic carbocycles. The largest absolute Gasteiger partial charge is 0.207 e. The Morgan fingerprint density at radius 3 is 1.70 bits per heavy atom. The summed E-state index contributed by atoms with van der Waals surface area (Å²) in [4.78, 5) is 0. The van der Waals surface area contributed by atoms with E-state index < -0.39 is 0 Å². The zero-order chi connectivity index (χ0) is 16.1. The van der Waals surface area contributed by atoms with E-state index in [0.29, 0.717) is 0 Å². The quantitative estimate of drug-likeness (QED) is 0.549. The van der Waals surface area contributed by atoms with E-state index in [0.717, 1.165) is 5.56 Å². The summed E-state index contributed by atoms with van der Waals surface area (Å²) in [7, 11) is 0. The summed E-state index contributed by atoms with van der Waals surface area (Å²) >= 11 is 0. The van der Waals surface area contributed by atoms with E-state index in [1.54, 1.807) is 0 Å². The summed E-state index contributed by atoms with van der Waals surface area (Å²) in [6.45, 7) is 2.14. The summed E-state index contributed by atoms with van der Waals surface area (Å²) < 4.78 is 13.1. The van der Waals surface area contributed by atoms with Gasteiger partial charge in [-0.3, -0.25) is 0 Å². The first-order chi connectivity index (χ1) is 11.2.